The van der Waals surface area contributed by atoms with Crippen molar-refractivity contribution in [1.82, 2.24) is 5.32 Å². The van der Waals surface area contributed by atoms with Crippen LogP contribution in [0.4, 0.5) is 4.39 Å². The number of aryl methyl sites for hydroxylation is 1. The van der Waals surface area contributed by atoms with Gasteiger partial charge in [-0.2, -0.15) is 0 Å². The first kappa shape index (κ1) is 10.2. The lowest BCUT2D eigenvalue weighted by Gasteiger charge is -2.12. The van der Waals surface area contributed by atoms with Crippen LogP contribution in [0.1, 0.15) is 17.2 Å². The average molecular weight is 183 g/mol. The van der Waals surface area contributed by atoms with Crippen LogP contribution in [0, 0.1) is 12.7 Å². The predicted molar refractivity (Wildman–Crippen MR) is 50.0 cm³/mol. The van der Waals surface area contributed by atoms with Gasteiger partial charge in [-0.25, -0.2) is 4.39 Å². The van der Waals surface area contributed by atoms with Gasteiger partial charge in [0.2, 0.25) is 0 Å². The Hall–Kier alpha value is -0.930. The van der Waals surface area contributed by atoms with Crippen molar-refractivity contribution >= 4 is 0 Å². The first-order valence-corrected chi connectivity index (χ1v) is 4.24. The number of halogens is 1. The van der Waals surface area contributed by atoms with Crippen molar-refractivity contribution in [3.8, 4) is 0 Å². The molecule has 1 unspecified atom stereocenters. The van der Waals surface area contributed by atoms with Crippen LogP contribution >= 0.6 is 0 Å². The second kappa shape index (κ2) is 4.35. The third-order valence-corrected chi connectivity index (χ3v) is 1.99. The van der Waals surface area contributed by atoms with Gasteiger partial charge >= 0.3 is 0 Å². The Bertz CT molecular complexity index is 288. The Morgan fingerprint density at radius 1 is 1.54 bits per heavy atom. The third-order valence-electron chi connectivity index (χ3n) is 1.99. The molecule has 1 atom stereocenters. The van der Waals surface area contributed by atoms with Gasteiger partial charge in [-0.05, 0) is 37.2 Å². The summed E-state index contributed by atoms with van der Waals surface area (Å²) in [5.74, 6) is -0.266. The highest BCUT2D eigenvalue weighted by Crippen LogP contribution is 2.17. The smallest absolute Gasteiger partial charge is 0.123 e. The summed E-state index contributed by atoms with van der Waals surface area (Å²) in [5, 5.41) is 12.5. The van der Waals surface area contributed by atoms with E-state index in [1.54, 1.807) is 20.0 Å². The average Bonchev–Trinajstić information content (AvgIpc) is 2.04. The van der Waals surface area contributed by atoms with E-state index in [-0.39, 0.29) is 5.82 Å². The fourth-order valence-electron chi connectivity index (χ4n) is 1.32. The summed E-state index contributed by atoms with van der Waals surface area (Å²) in [6.45, 7) is 2.27. The topological polar surface area (TPSA) is 32.3 Å². The monoisotopic (exact) mass is 183 g/mol. The van der Waals surface area contributed by atoms with Crippen LogP contribution in [0.25, 0.3) is 0 Å². The summed E-state index contributed by atoms with van der Waals surface area (Å²) < 4.78 is 12.7. The molecule has 0 bridgehead atoms. The third kappa shape index (κ3) is 2.50. The zero-order valence-corrected chi connectivity index (χ0v) is 7.84. The molecule has 0 aliphatic rings. The summed E-state index contributed by atoms with van der Waals surface area (Å²) in [5.41, 5.74) is 1.55. The van der Waals surface area contributed by atoms with Gasteiger partial charge in [0.15, 0.2) is 0 Å². The predicted octanol–water partition coefficient (Wildman–Crippen LogP) is 1.39. The van der Waals surface area contributed by atoms with Crippen molar-refractivity contribution in [1.29, 1.82) is 0 Å². The minimum absolute atomic E-state index is 0.266. The van der Waals surface area contributed by atoms with Gasteiger partial charge in [0.25, 0.3) is 0 Å². The van der Waals surface area contributed by atoms with E-state index >= 15 is 0 Å². The van der Waals surface area contributed by atoms with Crippen LogP contribution in [0.15, 0.2) is 18.2 Å². The largest absolute Gasteiger partial charge is 0.387 e. The minimum atomic E-state index is -0.564. The van der Waals surface area contributed by atoms with Crippen molar-refractivity contribution < 1.29 is 9.50 Å². The molecule has 3 heteroatoms. The molecule has 0 aliphatic heterocycles. The molecule has 1 aromatic rings. The summed E-state index contributed by atoms with van der Waals surface area (Å²) >= 11 is 0. The molecule has 2 nitrogen and oxygen atoms in total. The number of benzene rings is 1. The molecule has 0 spiro atoms. The van der Waals surface area contributed by atoms with E-state index in [4.69, 9.17) is 0 Å². The molecule has 0 saturated carbocycles. The lowest BCUT2D eigenvalue weighted by atomic mass is 10.0. The fraction of sp³-hybridized carbons (Fsp3) is 0.400. The van der Waals surface area contributed by atoms with Crippen LogP contribution in [0.2, 0.25) is 0 Å². The molecule has 0 saturated heterocycles. The molecular weight excluding hydrogens is 169 g/mol. The lowest BCUT2D eigenvalue weighted by molar-refractivity contribution is 0.177. The normalized spacial score (nSPS) is 12.9. The second-order valence-corrected chi connectivity index (χ2v) is 3.07. The molecule has 13 heavy (non-hydrogen) atoms. The number of rotatable bonds is 3. The second-order valence-electron chi connectivity index (χ2n) is 3.07. The molecule has 1 aromatic carbocycles. The number of hydrogen-bond donors (Lipinski definition) is 2. The van der Waals surface area contributed by atoms with E-state index in [1.807, 2.05) is 0 Å². The Balaban J connectivity index is 2.88. The Morgan fingerprint density at radius 2 is 2.23 bits per heavy atom. The van der Waals surface area contributed by atoms with Gasteiger partial charge in [0.1, 0.15) is 5.82 Å². The summed E-state index contributed by atoms with van der Waals surface area (Å²) in [6, 6.07) is 4.40. The van der Waals surface area contributed by atoms with Crippen LogP contribution in [-0.4, -0.2) is 18.7 Å². The first-order chi connectivity index (χ1) is 6.15. The summed E-state index contributed by atoms with van der Waals surface area (Å²) in [6.07, 6.45) is -0.564. The van der Waals surface area contributed by atoms with Gasteiger partial charge in [0.05, 0.1) is 6.10 Å². The first-order valence-electron chi connectivity index (χ1n) is 4.24. The molecule has 0 heterocycles. The zero-order chi connectivity index (χ0) is 9.84. The van der Waals surface area contributed by atoms with Crippen molar-refractivity contribution in [2.45, 2.75) is 13.0 Å². The van der Waals surface area contributed by atoms with Crippen LogP contribution in [-0.2, 0) is 0 Å². The van der Waals surface area contributed by atoms with E-state index in [0.29, 0.717) is 6.54 Å². The molecular formula is C10H14FNO. The lowest BCUT2D eigenvalue weighted by Crippen LogP contribution is -2.17. The molecule has 72 valence electrons. The van der Waals surface area contributed by atoms with E-state index in [0.717, 1.165) is 11.1 Å². The zero-order valence-electron chi connectivity index (χ0n) is 7.84. The van der Waals surface area contributed by atoms with Crippen molar-refractivity contribution in [3.63, 3.8) is 0 Å². The van der Waals surface area contributed by atoms with Gasteiger partial charge in [-0.1, -0.05) is 6.07 Å². The van der Waals surface area contributed by atoms with E-state index < -0.39 is 6.10 Å². The summed E-state index contributed by atoms with van der Waals surface area (Å²) in [4.78, 5) is 0. The Labute approximate surface area is 77.4 Å². The van der Waals surface area contributed by atoms with Crippen molar-refractivity contribution in [3.05, 3.63) is 35.1 Å². The number of hydrogen-bond acceptors (Lipinski definition) is 2. The summed E-state index contributed by atoms with van der Waals surface area (Å²) in [7, 11) is 1.77. The maximum atomic E-state index is 12.7. The molecule has 2 N–H and O–H groups in total. The molecule has 1 rings (SSSR count). The SMILES string of the molecule is CNCC(O)c1ccc(F)cc1C. The number of nitrogens with one attached hydrogen (secondary N) is 1. The molecule has 0 radical (unpaired) electrons. The number of aliphatic hydroxyl groups is 1. The van der Waals surface area contributed by atoms with Crippen LogP contribution < -0.4 is 5.32 Å². The Morgan fingerprint density at radius 3 is 2.77 bits per heavy atom. The maximum Gasteiger partial charge on any atom is 0.123 e. The van der Waals surface area contributed by atoms with Crippen LogP contribution in [0.3, 0.4) is 0 Å². The van der Waals surface area contributed by atoms with Gasteiger partial charge < -0.3 is 10.4 Å². The van der Waals surface area contributed by atoms with Crippen LogP contribution in [0.5, 0.6) is 0 Å². The maximum absolute atomic E-state index is 12.7. The highest BCUT2D eigenvalue weighted by Gasteiger charge is 2.09. The van der Waals surface area contributed by atoms with Crippen molar-refractivity contribution in [2.75, 3.05) is 13.6 Å². The molecule has 0 fully saturated rings. The Kier molecular flexibility index (Phi) is 3.39. The van der Waals surface area contributed by atoms with E-state index in [1.165, 1.54) is 12.1 Å². The number of aliphatic hydroxyl groups excluding tert-OH is 1. The minimum Gasteiger partial charge on any atom is -0.387 e. The fourth-order valence-corrected chi connectivity index (χ4v) is 1.32. The van der Waals surface area contributed by atoms with Gasteiger partial charge in [-0.15, -0.1) is 0 Å². The molecule has 0 amide bonds. The van der Waals surface area contributed by atoms with Gasteiger partial charge in [0, 0.05) is 6.54 Å². The molecule has 0 aromatic heterocycles. The van der Waals surface area contributed by atoms with Crippen molar-refractivity contribution in [2.24, 2.45) is 0 Å². The highest BCUT2D eigenvalue weighted by molar-refractivity contribution is 5.28. The highest BCUT2D eigenvalue weighted by atomic mass is 19.1. The molecule has 0 aliphatic carbocycles. The van der Waals surface area contributed by atoms with Gasteiger partial charge in [-0.3, -0.25) is 0 Å². The quantitative estimate of drug-likeness (QED) is 0.742. The number of likely N-dealkylation sites (N-methyl/N-ethyl adjacent to an activating group) is 1. The standard InChI is InChI=1S/C10H14FNO/c1-7-5-8(11)3-4-9(7)10(13)6-12-2/h3-5,10,12-13H,6H2,1-2H3. The van der Waals surface area contributed by atoms with E-state index in [2.05, 4.69) is 5.32 Å². The van der Waals surface area contributed by atoms with E-state index in [9.17, 15) is 9.50 Å².